The maximum atomic E-state index is 8.85. The molecule has 6 heteroatoms. The molecule has 0 unspecified atom stereocenters. The number of imidazole rings is 1. The molecule has 0 aliphatic heterocycles. The number of aliphatic imine (C=N–C) groups is 1. The SMILES string of the molecule is Cn1cnc2cccc(N/C(=N/C#N)Oc3ccccc3)c21. The van der Waals surface area contributed by atoms with Gasteiger partial charge in [-0.05, 0) is 24.3 Å². The standard InChI is InChI=1S/C16H13N5O/c1-21-11-19-13-8-5-9-14(15(13)21)20-16(18-10-17)22-12-6-3-2-4-7-12/h2-9,11H,1H3,(H,18,20). The van der Waals surface area contributed by atoms with Gasteiger partial charge in [0, 0.05) is 7.05 Å². The highest BCUT2D eigenvalue weighted by molar-refractivity contribution is 5.99. The van der Waals surface area contributed by atoms with Crippen molar-refractivity contribution in [2.45, 2.75) is 0 Å². The van der Waals surface area contributed by atoms with E-state index in [1.165, 1.54) is 0 Å². The first-order valence-electron chi connectivity index (χ1n) is 6.64. The fourth-order valence-corrected chi connectivity index (χ4v) is 2.15. The number of aromatic nitrogens is 2. The number of nitrogens with zero attached hydrogens (tertiary/aromatic N) is 4. The van der Waals surface area contributed by atoms with Crippen molar-refractivity contribution in [1.29, 1.82) is 5.26 Å². The van der Waals surface area contributed by atoms with E-state index in [0.717, 1.165) is 16.7 Å². The van der Waals surface area contributed by atoms with Crippen LogP contribution >= 0.6 is 0 Å². The highest BCUT2D eigenvalue weighted by atomic mass is 16.5. The third-order valence-electron chi connectivity index (χ3n) is 3.09. The van der Waals surface area contributed by atoms with E-state index in [4.69, 9.17) is 10.00 Å². The molecule has 0 fully saturated rings. The van der Waals surface area contributed by atoms with Gasteiger partial charge in [0.15, 0.2) is 0 Å². The van der Waals surface area contributed by atoms with E-state index < -0.39 is 0 Å². The predicted molar refractivity (Wildman–Crippen MR) is 84.5 cm³/mol. The fourth-order valence-electron chi connectivity index (χ4n) is 2.15. The van der Waals surface area contributed by atoms with E-state index in [-0.39, 0.29) is 6.02 Å². The van der Waals surface area contributed by atoms with Gasteiger partial charge in [-0.25, -0.2) is 4.98 Å². The maximum absolute atomic E-state index is 8.85. The molecule has 0 atom stereocenters. The summed E-state index contributed by atoms with van der Waals surface area (Å²) in [5.41, 5.74) is 2.52. The van der Waals surface area contributed by atoms with Gasteiger partial charge >= 0.3 is 6.02 Å². The minimum absolute atomic E-state index is 0.113. The van der Waals surface area contributed by atoms with E-state index in [1.807, 2.05) is 48.0 Å². The average molecular weight is 291 g/mol. The smallest absolute Gasteiger partial charge is 0.310 e. The molecule has 0 aliphatic rings. The summed E-state index contributed by atoms with van der Waals surface area (Å²) in [6, 6.07) is 15.0. The minimum Gasteiger partial charge on any atom is -0.425 e. The molecule has 3 aromatic rings. The number of nitriles is 1. The second-order valence-corrected chi connectivity index (χ2v) is 4.59. The second kappa shape index (κ2) is 5.97. The van der Waals surface area contributed by atoms with Crippen LogP contribution < -0.4 is 10.1 Å². The Morgan fingerprint density at radius 2 is 2.05 bits per heavy atom. The van der Waals surface area contributed by atoms with Crippen LogP contribution in [0.4, 0.5) is 5.69 Å². The van der Waals surface area contributed by atoms with Crippen molar-refractivity contribution in [3.05, 3.63) is 54.9 Å². The molecule has 0 aliphatic carbocycles. The zero-order valence-electron chi connectivity index (χ0n) is 11.9. The van der Waals surface area contributed by atoms with Gasteiger partial charge in [0.25, 0.3) is 0 Å². The van der Waals surface area contributed by atoms with E-state index >= 15 is 0 Å². The first-order valence-corrected chi connectivity index (χ1v) is 6.64. The molecule has 0 bridgehead atoms. The first-order chi connectivity index (χ1) is 10.8. The topological polar surface area (TPSA) is 75.2 Å². The van der Waals surface area contributed by atoms with Gasteiger partial charge in [0.05, 0.1) is 23.0 Å². The summed E-state index contributed by atoms with van der Waals surface area (Å²) in [6.45, 7) is 0. The number of hydrogen-bond acceptors (Lipinski definition) is 4. The number of anilines is 1. The Balaban J connectivity index is 1.92. The number of aryl methyl sites for hydroxylation is 1. The van der Waals surface area contributed by atoms with E-state index in [1.54, 1.807) is 24.7 Å². The zero-order chi connectivity index (χ0) is 15.4. The fraction of sp³-hybridized carbons (Fsp3) is 0.0625. The van der Waals surface area contributed by atoms with Gasteiger partial charge in [-0.15, -0.1) is 4.99 Å². The number of benzene rings is 2. The first kappa shape index (κ1) is 13.6. The van der Waals surface area contributed by atoms with Crippen LogP contribution in [0.1, 0.15) is 0 Å². The van der Waals surface area contributed by atoms with E-state index in [2.05, 4.69) is 15.3 Å². The predicted octanol–water partition coefficient (Wildman–Crippen LogP) is 2.90. The zero-order valence-corrected chi connectivity index (χ0v) is 11.9. The van der Waals surface area contributed by atoms with Crippen molar-refractivity contribution in [2.75, 3.05) is 5.32 Å². The van der Waals surface area contributed by atoms with Crippen molar-refractivity contribution in [3.8, 4) is 11.9 Å². The Kier molecular flexibility index (Phi) is 3.70. The quantitative estimate of drug-likeness (QED) is 0.447. The number of para-hydroxylation sites is 2. The van der Waals surface area contributed by atoms with Crippen LogP contribution in [0, 0.1) is 11.5 Å². The molecule has 1 heterocycles. The van der Waals surface area contributed by atoms with E-state index in [0.29, 0.717) is 5.75 Å². The summed E-state index contributed by atoms with van der Waals surface area (Å²) in [4.78, 5) is 7.99. The molecule has 6 nitrogen and oxygen atoms in total. The van der Waals surface area contributed by atoms with Crippen molar-refractivity contribution in [1.82, 2.24) is 9.55 Å². The van der Waals surface area contributed by atoms with Crippen molar-refractivity contribution in [2.24, 2.45) is 12.0 Å². The Bertz CT molecular complexity index is 861. The Labute approximate surface area is 127 Å². The second-order valence-electron chi connectivity index (χ2n) is 4.59. The molecule has 2 aromatic carbocycles. The summed E-state index contributed by atoms with van der Waals surface area (Å²) in [5, 5.41) is 11.9. The van der Waals surface area contributed by atoms with Gasteiger partial charge in [0.2, 0.25) is 6.19 Å². The summed E-state index contributed by atoms with van der Waals surface area (Å²) >= 11 is 0. The van der Waals surface area contributed by atoms with Crippen LogP contribution in [0.5, 0.6) is 5.75 Å². The number of amidine groups is 1. The molecule has 0 spiro atoms. The largest absolute Gasteiger partial charge is 0.425 e. The molecule has 0 saturated heterocycles. The Morgan fingerprint density at radius 3 is 2.82 bits per heavy atom. The van der Waals surface area contributed by atoms with Crippen LogP contribution in [0.3, 0.4) is 0 Å². The third kappa shape index (κ3) is 2.74. The molecular weight excluding hydrogens is 278 g/mol. The number of nitrogens with one attached hydrogen (secondary N) is 1. The molecule has 3 rings (SSSR count). The van der Waals surface area contributed by atoms with Crippen LogP contribution in [0.25, 0.3) is 11.0 Å². The highest BCUT2D eigenvalue weighted by Crippen LogP contribution is 2.22. The van der Waals surface area contributed by atoms with Crippen molar-refractivity contribution in [3.63, 3.8) is 0 Å². The summed E-state index contributed by atoms with van der Waals surface area (Å²) in [7, 11) is 1.90. The van der Waals surface area contributed by atoms with E-state index in [9.17, 15) is 0 Å². The van der Waals surface area contributed by atoms with Gasteiger partial charge < -0.3 is 14.6 Å². The maximum Gasteiger partial charge on any atom is 0.310 e. The summed E-state index contributed by atoms with van der Waals surface area (Å²) in [5.74, 6) is 0.598. The minimum atomic E-state index is 0.113. The molecular formula is C16H13N5O. The lowest BCUT2D eigenvalue weighted by Gasteiger charge is -2.11. The normalized spacial score (nSPS) is 11.2. The molecule has 0 amide bonds. The van der Waals surface area contributed by atoms with Crippen LogP contribution in [-0.2, 0) is 7.05 Å². The lowest BCUT2D eigenvalue weighted by atomic mass is 10.2. The van der Waals surface area contributed by atoms with Crippen LogP contribution in [0.15, 0.2) is 59.9 Å². The number of hydrogen-bond donors (Lipinski definition) is 1. The van der Waals surface area contributed by atoms with Gasteiger partial charge in [-0.1, -0.05) is 24.3 Å². The van der Waals surface area contributed by atoms with Crippen molar-refractivity contribution < 1.29 is 4.74 Å². The number of ether oxygens (including phenoxy) is 1. The summed E-state index contributed by atoms with van der Waals surface area (Å²) < 4.78 is 7.50. The lowest BCUT2D eigenvalue weighted by Crippen LogP contribution is -2.19. The molecule has 1 aromatic heterocycles. The lowest BCUT2D eigenvalue weighted by molar-refractivity contribution is 0.549. The Morgan fingerprint density at radius 1 is 1.23 bits per heavy atom. The average Bonchev–Trinajstić information content (AvgIpc) is 2.91. The molecule has 108 valence electrons. The molecule has 0 saturated carbocycles. The summed E-state index contributed by atoms with van der Waals surface area (Å²) in [6.07, 6.45) is 3.47. The Hall–Kier alpha value is -3.33. The highest BCUT2D eigenvalue weighted by Gasteiger charge is 2.09. The molecule has 22 heavy (non-hydrogen) atoms. The number of fused-ring (bicyclic) bond motifs is 1. The van der Waals surface area contributed by atoms with Gasteiger partial charge in [0.1, 0.15) is 5.75 Å². The van der Waals surface area contributed by atoms with Gasteiger partial charge in [-0.2, -0.15) is 5.26 Å². The van der Waals surface area contributed by atoms with Crippen LogP contribution in [0.2, 0.25) is 0 Å². The van der Waals surface area contributed by atoms with Gasteiger partial charge in [-0.3, -0.25) is 0 Å². The molecule has 1 N–H and O–H groups in total. The third-order valence-corrected chi connectivity index (χ3v) is 3.09. The monoisotopic (exact) mass is 291 g/mol. The van der Waals surface area contributed by atoms with Crippen molar-refractivity contribution >= 4 is 22.7 Å². The van der Waals surface area contributed by atoms with Crippen LogP contribution in [-0.4, -0.2) is 15.6 Å². The number of rotatable bonds is 2. The molecule has 0 radical (unpaired) electrons.